The topological polar surface area (TPSA) is 94.1 Å². The van der Waals surface area contributed by atoms with Crippen LogP contribution in [-0.2, 0) is 13.2 Å². The quantitative estimate of drug-likeness (QED) is 0.489. The zero-order valence-electron chi connectivity index (χ0n) is 15.1. The largest absolute Gasteiger partial charge is 0.388 e. The number of aliphatic hydroxyl groups excluding tert-OH is 1. The van der Waals surface area contributed by atoms with E-state index in [4.69, 9.17) is 0 Å². The van der Waals surface area contributed by atoms with Gasteiger partial charge >= 0.3 is 0 Å². The van der Waals surface area contributed by atoms with Gasteiger partial charge in [-0.25, -0.2) is 4.98 Å². The van der Waals surface area contributed by atoms with E-state index in [1.165, 1.54) is 17.8 Å². The van der Waals surface area contributed by atoms with E-state index in [-0.39, 0.29) is 18.2 Å². The fourth-order valence-corrected chi connectivity index (χ4v) is 3.93. The number of non-ortho nitro benzene ring substituents is 1. The summed E-state index contributed by atoms with van der Waals surface area (Å²) in [5, 5.41) is 21.8. The molecule has 3 aromatic rings. The molecule has 0 atom stereocenters. The van der Waals surface area contributed by atoms with Gasteiger partial charge in [0.05, 0.1) is 17.2 Å². The average Bonchev–Trinajstić information content (AvgIpc) is 3.00. The lowest BCUT2D eigenvalue weighted by molar-refractivity contribution is -0.385. The number of nitro benzene ring substituents is 1. The Morgan fingerprint density at radius 1 is 1.30 bits per heavy atom. The van der Waals surface area contributed by atoms with E-state index in [0.717, 1.165) is 21.2 Å². The van der Waals surface area contributed by atoms with Crippen LogP contribution in [0.4, 0.5) is 5.69 Å². The van der Waals surface area contributed by atoms with Gasteiger partial charge in [-0.2, -0.15) is 0 Å². The standard InChI is InChI=1S/C19H20N4O3S/c1-13(2)18-19(27-16-7-3-6-15(9-16)23(25)26)22(17(12-24)21-18)11-14-5-4-8-20-10-14/h3-10,13,24H,11-12H2,1-2H3. The minimum atomic E-state index is -0.403. The van der Waals surface area contributed by atoms with Crippen LogP contribution in [-0.4, -0.2) is 24.6 Å². The number of hydrogen-bond donors (Lipinski definition) is 1. The zero-order valence-corrected chi connectivity index (χ0v) is 15.9. The Hall–Kier alpha value is -2.71. The molecule has 1 N–H and O–H groups in total. The highest BCUT2D eigenvalue weighted by molar-refractivity contribution is 7.99. The number of aromatic nitrogens is 3. The molecule has 140 valence electrons. The second-order valence-corrected chi connectivity index (χ2v) is 7.40. The molecule has 0 bridgehead atoms. The molecular weight excluding hydrogens is 364 g/mol. The van der Waals surface area contributed by atoms with E-state index >= 15 is 0 Å². The highest BCUT2D eigenvalue weighted by Gasteiger charge is 2.21. The average molecular weight is 384 g/mol. The molecule has 0 radical (unpaired) electrons. The number of imidazole rings is 1. The van der Waals surface area contributed by atoms with Gasteiger partial charge < -0.3 is 9.67 Å². The zero-order chi connectivity index (χ0) is 19.4. The number of nitrogens with zero attached hydrogens (tertiary/aromatic N) is 4. The van der Waals surface area contributed by atoms with Crippen LogP contribution in [0.5, 0.6) is 0 Å². The van der Waals surface area contributed by atoms with E-state index < -0.39 is 4.92 Å². The third-order valence-corrected chi connectivity index (χ3v) is 5.13. The predicted molar refractivity (Wildman–Crippen MR) is 103 cm³/mol. The molecule has 0 saturated carbocycles. The van der Waals surface area contributed by atoms with Crippen LogP contribution in [0.2, 0.25) is 0 Å². The Morgan fingerprint density at radius 2 is 2.11 bits per heavy atom. The molecule has 0 spiro atoms. The monoisotopic (exact) mass is 384 g/mol. The molecule has 7 nitrogen and oxygen atoms in total. The Bertz CT molecular complexity index is 941. The van der Waals surface area contributed by atoms with Crippen molar-refractivity contribution in [2.75, 3.05) is 0 Å². The Morgan fingerprint density at radius 3 is 2.74 bits per heavy atom. The van der Waals surface area contributed by atoms with E-state index in [2.05, 4.69) is 9.97 Å². The molecule has 0 aliphatic rings. The summed E-state index contributed by atoms with van der Waals surface area (Å²) in [5.41, 5.74) is 1.90. The van der Waals surface area contributed by atoms with Gasteiger partial charge in [0.1, 0.15) is 17.5 Å². The Labute approximate surface area is 161 Å². The van der Waals surface area contributed by atoms with Crippen molar-refractivity contribution < 1.29 is 10.0 Å². The fraction of sp³-hybridized carbons (Fsp3) is 0.263. The third kappa shape index (κ3) is 4.35. The molecule has 0 amide bonds. The Kier molecular flexibility index (Phi) is 5.88. The lowest BCUT2D eigenvalue weighted by Gasteiger charge is -2.13. The first-order chi connectivity index (χ1) is 13.0. The van der Waals surface area contributed by atoms with E-state index in [0.29, 0.717) is 12.4 Å². The van der Waals surface area contributed by atoms with Crippen molar-refractivity contribution in [1.29, 1.82) is 0 Å². The summed E-state index contributed by atoms with van der Waals surface area (Å²) in [6.45, 7) is 4.40. The van der Waals surface area contributed by atoms with Crippen LogP contribution in [0.1, 0.15) is 36.8 Å². The smallest absolute Gasteiger partial charge is 0.270 e. The molecule has 0 aliphatic carbocycles. The lowest BCUT2D eigenvalue weighted by atomic mass is 10.1. The number of nitro groups is 1. The lowest BCUT2D eigenvalue weighted by Crippen LogP contribution is -2.07. The molecule has 3 rings (SSSR count). The van der Waals surface area contributed by atoms with Gasteiger partial charge in [-0.1, -0.05) is 37.7 Å². The molecule has 27 heavy (non-hydrogen) atoms. The molecule has 2 aromatic heterocycles. The minimum Gasteiger partial charge on any atom is -0.388 e. The first kappa shape index (κ1) is 19.1. The second-order valence-electron chi connectivity index (χ2n) is 6.34. The van der Waals surface area contributed by atoms with Gasteiger partial charge in [0.25, 0.3) is 5.69 Å². The van der Waals surface area contributed by atoms with Crippen molar-refractivity contribution >= 4 is 17.4 Å². The highest BCUT2D eigenvalue weighted by atomic mass is 32.2. The van der Waals surface area contributed by atoms with Gasteiger partial charge in [-0.3, -0.25) is 15.1 Å². The van der Waals surface area contributed by atoms with E-state index in [1.54, 1.807) is 24.5 Å². The summed E-state index contributed by atoms with van der Waals surface area (Å²) < 4.78 is 1.95. The third-order valence-electron chi connectivity index (χ3n) is 4.02. The number of hydrogen-bond acceptors (Lipinski definition) is 6. The van der Waals surface area contributed by atoms with Gasteiger partial charge in [0, 0.05) is 29.4 Å². The van der Waals surface area contributed by atoms with Crippen molar-refractivity contribution in [2.24, 2.45) is 0 Å². The summed E-state index contributed by atoms with van der Waals surface area (Å²) in [7, 11) is 0. The first-order valence-corrected chi connectivity index (χ1v) is 9.32. The van der Waals surface area contributed by atoms with Gasteiger partial charge in [-0.15, -0.1) is 0 Å². The second kappa shape index (κ2) is 8.32. The summed E-state index contributed by atoms with van der Waals surface area (Å²) in [4.78, 5) is 20.2. The molecule has 0 fully saturated rings. The number of rotatable bonds is 7. The maximum absolute atomic E-state index is 11.1. The Balaban J connectivity index is 2.05. The van der Waals surface area contributed by atoms with Crippen molar-refractivity contribution in [3.8, 4) is 0 Å². The van der Waals surface area contributed by atoms with Crippen molar-refractivity contribution in [3.05, 3.63) is 76.0 Å². The molecule has 0 unspecified atom stereocenters. The normalized spacial score (nSPS) is 11.1. The van der Waals surface area contributed by atoms with Gasteiger partial charge in [0.2, 0.25) is 0 Å². The molecule has 0 aliphatic heterocycles. The van der Waals surface area contributed by atoms with Crippen molar-refractivity contribution in [3.63, 3.8) is 0 Å². The summed E-state index contributed by atoms with van der Waals surface area (Å²) in [5.74, 6) is 0.710. The van der Waals surface area contributed by atoms with Crippen LogP contribution >= 0.6 is 11.8 Å². The van der Waals surface area contributed by atoms with Crippen LogP contribution in [0.3, 0.4) is 0 Å². The summed E-state index contributed by atoms with van der Waals surface area (Å²) >= 11 is 1.42. The maximum atomic E-state index is 11.1. The SMILES string of the molecule is CC(C)c1nc(CO)n(Cc2cccnc2)c1Sc1cccc([N+](=O)[O-])c1. The van der Waals surface area contributed by atoms with Gasteiger partial charge in [-0.05, 0) is 23.6 Å². The van der Waals surface area contributed by atoms with E-state index in [9.17, 15) is 15.2 Å². The van der Waals surface area contributed by atoms with Crippen molar-refractivity contribution in [1.82, 2.24) is 14.5 Å². The molecule has 2 heterocycles. The molecule has 1 aromatic carbocycles. The summed E-state index contributed by atoms with van der Waals surface area (Å²) in [6, 6.07) is 10.4. The number of pyridine rings is 1. The highest BCUT2D eigenvalue weighted by Crippen LogP contribution is 2.36. The molecule has 0 saturated heterocycles. The summed E-state index contributed by atoms with van der Waals surface area (Å²) in [6.07, 6.45) is 3.49. The van der Waals surface area contributed by atoms with Crippen LogP contribution < -0.4 is 0 Å². The van der Waals surface area contributed by atoms with Crippen LogP contribution in [0.25, 0.3) is 0 Å². The first-order valence-electron chi connectivity index (χ1n) is 8.51. The van der Waals surface area contributed by atoms with Gasteiger partial charge in [0.15, 0.2) is 0 Å². The fourth-order valence-electron chi connectivity index (χ4n) is 2.72. The maximum Gasteiger partial charge on any atom is 0.270 e. The molecule has 8 heteroatoms. The molecular formula is C19H20N4O3S. The minimum absolute atomic E-state index is 0.0480. The number of benzene rings is 1. The van der Waals surface area contributed by atoms with Crippen LogP contribution in [0, 0.1) is 10.1 Å². The van der Waals surface area contributed by atoms with E-state index in [1.807, 2.05) is 36.6 Å². The predicted octanol–water partition coefficient (Wildman–Crippen LogP) is 4.00. The number of aliphatic hydroxyl groups is 1. The van der Waals surface area contributed by atoms with Crippen LogP contribution in [0.15, 0.2) is 58.7 Å². The van der Waals surface area contributed by atoms with Crippen molar-refractivity contribution in [2.45, 2.75) is 42.8 Å².